The molecule has 7 nitrogen and oxygen atoms in total. The zero-order valence-corrected chi connectivity index (χ0v) is 20.4. The number of nitrogens with zero attached hydrogens (tertiary/aromatic N) is 2. The third-order valence-corrected chi connectivity index (χ3v) is 5.06. The smallest absolute Gasteiger partial charge is 0.857 e. The normalized spacial score (nSPS) is 11.2. The summed E-state index contributed by atoms with van der Waals surface area (Å²) in [6.45, 7) is 3.86. The fourth-order valence-corrected chi connectivity index (χ4v) is 3.71. The second-order valence-electron chi connectivity index (χ2n) is 5.46. The summed E-state index contributed by atoms with van der Waals surface area (Å²) in [5.41, 5.74) is 4.16. The summed E-state index contributed by atoms with van der Waals surface area (Å²) >= 11 is 0. The van der Waals surface area contributed by atoms with E-state index in [-0.39, 0.29) is 57.1 Å². The second kappa shape index (κ2) is 11.3. The fourth-order valence-electron chi connectivity index (χ4n) is 2.61. The summed E-state index contributed by atoms with van der Waals surface area (Å²) < 4.78 is 23.3. The Morgan fingerprint density at radius 1 is 1.19 bits per heavy atom. The van der Waals surface area contributed by atoms with Crippen LogP contribution < -0.4 is 66.0 Å². The third kappa shape index (κ3) is 5.60. The van der Waals surface area contributed by atoms with Crippen LogP contribution in [0.15, 0.2) is 29.6 Å². The average molecular weight is 416 g/mol. The van der Waals surface area contributed by atoms with Crippen LogP contribution in [0.5, 0.6) is 11.5 Å². The van der Waals surface area contributed by atoms with Crippen molar-refractivity contribution in [2.45, 2.75) is 24.8 Å². The van der Waals surface area contributed by atoms with Gasteiger partial charge in [0.25, 0.3) is 0 Å². The van der Waals surface area contributed by atoms with Gasteiger partial charge in [-0.3, -0.25) is 9.19 Å². The molecule has 2 aromatic heterocycles. The molecule has 3 aromatic rings. The van der Waals surface area contributed by atoms with Gasteiger partial charge in [0.1, 0.15) is 11.5 Å². The number of methoxy groups -OCH3 is 2. The quantitative estimate of drug-likeness (QED) is 0.530. The summed E-state index contributed by atoms with van der Waals surface area (Å²) in [5.74, 6) is 1.79. The second-order valence-corrected chi connectivity index (χ2v) is 6.83. The van der Waals surface area contributed by atoms with Crippen LogP contribution >= 0.6 is 0 Å². The van der Waals surface area contributed by atoms with Gasteiger partial charge in [-0.1, -0.05) is 0 Å². The Hall–Kier alpha value is -0.814. The Bertz CT molecular complexity index is 930. The monoisotopic (exact) mass is 415 g/mol. The van der Waals surface area contributed by atoms with Crippen molar-refractivity contribution in [3.05, 3.63) is 41.2 Å². The minimum atomic E-state index is -1.33. The first-order chi connectivity index (χ1) is 12.5. The zero-order chi connectivity index (χ0) is 19.3. The van der Waals surface area contributed by atoms with Gasteiger partial charge in [-0.05, 0) is 26.0 Å². The summed E-state index contributed by atoms with van der Waals surface area (Å²) in [6, 6.07) is 5.50. The van der Waals surface area contributed by atoms with Crippen molar-refractivity contribution in [1.29, 1.82) is 0 Å². The van der Waals surface area contributed by atoms with Crippen LogP contribution in [0, 0.1) is 13.8 Å². The number of hydrogen-bond acceptors (Lipinski definition) is 6. The summed E-state index contributed by atoms with van der Waals surface area (Å²) in [5, 5.41) is 8.68. The number of aromatic nitrogens is 3. The van der Waals surface area contributed by atoms with Crippen molar-refractivity contribution in [2.24, 2.45) is 0 Å². The van der Waals surface area contributed by atoms with Crippen molar-refractivity contribution >= 4 is 21.8 Å². The van der Waals surface area contributed by atoms with Crippen LogP contribution in [-0.4, -0.2) is 40.5 Å². The number of aryl methyl sites for hydroxylation is 1. The molecular weight excluding hydrogens is 393 g/mol. The maximum absolute atomic E-state index is 12.7. The van der Waals surface area contributed by atoms with E-state index >= 15 is 0 Å². The Labute approximate surface area is 203 Å². The molecule has 3 rings (SSSR count). The van der Waals surface area contributed by atoms with Crippen LogP contribution in [0.2, 0.25) is 0 Å². The number of ether oxygens (including phenoxy) is 2. The molecule has 0 bridgehead atoms. The minimum absolute atomic E-state index is 0. The molecule has 0 spiro atoms. The van der Waals surface area contributed by atoms with E-state index in [1.54, 1.807) is 20.4 Å². The maximum Gasteiger partial charge on any atom is 1.00 e. The van der Waals surface area contributed by atoms with E-state index in [1.165, 1.54) is 0 Å². The molecule has 0 aliphatic carbocycles. The van der Waals surface area contributed by atoms with Gasteiger partial charge in [-0.2, -0.15) is 7.11 Å². The van der Waals surface area contributed by atoms with Crippen LogP contribution in [0.25, 0.3) is 11.0 Å². The van der Waals surface area contributed by atoms with E-state index < -0.39 is 10.8 Å². The van der Waals surface area contributed by atoms with Gasteiger partial charge in [0.05, 0.1) is 47.5 Å². The third-order valence-electron chi connectivity index (χ3n) is 3.90. The summed E-state index contributed by atoms with van der Waals surface area (Å²) in [4.78, 5) is 11.9. The number of benzene rings is 1. The van der Waals surface area contributed by atoms with Gasteiger partial charge in [0.15, 0.2) is 5.16 Å². The Balaban J connectivity index is 0.00000118. The van der Waals surface area contributed by atoms with Crippen LogP contribution in [0.4, 0.5) is 0 Å². The first-order valence-electron chi connectivity index (χ1n) is 7.85. The number of H-pyrrole nitrogens is 1. The van der Waals surface area contributed by atoms with Crippen molar-refractivity contribution in [3.8, 4) is 11.5 Å². The maximum atomic E-state index is 12.7. The molecule has 0 aliphatic rings. The van der Waals surface area contributed by atoms with Gasteiger partial charge in [-0.15, -0.1) is 0 Å². The molecule has 27 heavy (non-hydrogen) atoms. The molecule has 1 atom stereocenters. The van der Waals surface area contributed by atoms with Crippen molar-refractivity contribution in [2.75, 3.05) is 21.3 Å². The first-order valence-corrected chi connectivity index (χ1v) is 9.17. The number of hydrogen-bond donors (Lipinski definition) is 1. The van der Waals surface area contributed by atoms with Crippen LogP contribution in [-0.2, 0) is 16.6 Å². The van der Waals surface area contributed by atoms with Gasteiger partial charge < -0.3 is 19.6 Å². The number of rotatable bonds is 5. The molecule has 0 radical (unpaired) electrons. The van der Waals surface area contributed by atoms with Crippen molar-refractivity contribution < 1.29 is 70.2 Å². The fraction of sp³-hybridized carbons (Fsp3) is 0.333. The van der Waals surface area contributed by atoms with E-state index in [0.717, 1.165) is 46.5 Å². The molecular formula is C18H22KN3O4S. The topological polar surface area (TPSA) is 100 Å². The number of nitrogens with one attached hydrogen (secondary N) is 1. The number of imidazole rings is 1. The zero-order valence-electron chi connectivity index (χ0n) is 16.5. The molecule has 0 amide bonds. The van der Waals surface area contributed by atoms with E-state index in [4.69, 9.17) is 14.6 Å². The standard InChI is InChI=1S/C17H19N3O3S.CH3O.K/c1-10-8-18-15(11(2)16(10)23-4)9-24(21)17-19-13-6-5-12(22-3)7-14(13)20-17;1-2;/h5-8H,9H2,1-4H3,(H,19,20);1H3;/q;-1;+1. The molecule has 9 heteroatoms. The Morgan fingerprint density at radius 3 is 2.52 bits per heavy atom. The number of pyridine rings is 1. The van der Waals surface area contributed by atoms with E-state index in [9.17, 15) is 4.21 Å². The predicted octanol–water partition coefficient (Wildman–Crippen LogP) is -1.12. The minimum Gasteiger partial charge on any atom is -0.857 e. The first kappa shape index (κ1) is 24.2. The van der Waals surface area contributed by atoms with E-state index in [0.29, 0.717) is 5.16 Å². The number of aromatic amines is 1. The molecule has 0 fully saturated rings. The molecule has 140 valence electrons. The van der Waals surface area contributed by atoms with Crippen molar-refractivity contribution in [3.63, 3.8) is 0 Å². The average Bonchev–Trinajstić information content (AvgIpc) is 3.09. The molecule has 0 aliphatic heterocycles. The van der Waals surface area contributed by atoms with Gasteiger partial charge in [0, 0.05) is 23.4 Å². The molecule has 1 unspecified atom stereocenters. The van der Waals surface area contributed by atoms with Crippen molar-refractivity contribution in [1.82, 2.24) is 15.0 Å². The molecule has 2 heterocycles. The Kier molecular flexibility index (Phi) is 10.1. The van der Waals surface area contributed by atoms with Gasteiger partial charge in [-0.25, -0.2) is 4.98 Å². The Morgan fingerprint density at radius 2 is 1.89 bits per heavy atom. The van der Waals surface area contributed by atoms with Gasteiger partial charge in [0.2, 0.25) is 0 Å². The number of fused-ring (bicyclic) bond motifs is 1. The van der Waals surface area contributed by atoms with Crippen LogP contribution in [0.3, 0.4) is 0 Å². The molecule has 0 saturated carbocycles. The summed E-state index contributed by atoms with van der Waals surface area (Å²) in [7, 11) is 2.66. The summed E-state index contributed by atoms with van der Waals surface area (Å²) in [6.07, 6.45) is 1.74. The largest absolute Gasteiger partial charge is 1.00 e. The van der Waals surface area contributed by atoms with Crippen LogP contribution in [0.1, 0.15) is 16.8 Å². The molecule has 1 N–H and O–H groups in total. The van der Waals surface area contributed by atoms with Gasteiger partial charge >= 0.3 is 51.4 Å². The molecule has 0 saturated heterocycles. The predicted molar refractivity (Wildman–Crippen MR) is 98.9 cm³/mol. The molecule has 1 aromatic carbocycles. The van der Waals surface area contributed by atoms with E-state index in [1.807, 2.05) is 32.0 Å². The van der Waals surface area contributed by atoms with E-state index in [2.05, 4.69) is 15.0 Å². The SMILES string of the molecule is COc1ccc2nc(S(=O)Cc3ncc(C)c(OC)c3C)[nH]c2c1.C[O-].[K+].